The Morgan fingerprint density at radius 3 is 2.51 bits per heavy atom. The first kappa shape index (κ1) is 26.2. The average molecular weight is 600 g/mol. The van der Waals surface area contributed by atoms with E-state index in [0.717, 1.165) is 22.4 Å². The fourth-order valence-electron chi connectivity index (χ4n) is 6.97. The predicted octanol–water partition coefficient (Wildman–Crippen LogP) is 7.61. The van der Waals surface area contributed by atoms with E-state index in [2.05, 4.69) is 17.5 Å². The Labute approximate surface area is 251 Å². The Kier molecular flexibility index (Phi) is 6.02. The first-order chi connectivity index (χ1) is 19.7. The van der Waals surface area contributed by atoms with E-state index >= 15 is 0 Å². The van der Waals surface area contributed by atoms with Crippen LogP contribution in [-0.4, -0.2) is 29.6 Å². The first-order valence-electron chi connectivity index (χ1n) is 13.3. The van der Waals surface area contributed by atoms with E-state index in [1.807, 2.05) is 66.6 Å². The van der Waals surface area contributed by atoms with Gasteiger partial charge in [-0.25, -0.2) is 0 Å². The monoisotopic (exact) mass is 598 g/mol. The SMILES string of the molecule is CC1=CC2N(c3ccc(C)cc31)C(C(=O)c1cccs1)C(C(=O)c1ccc(Cl)cc1Cl)C21C(=O)Nc2ccccc21. The second-order valence-electron chi connectivity index (χ2n) is 10.8. The number of allylic oxidation sites excluding steroid dienone is 1. The van der Waals surface area contributed by atoms with Gasteiger partial charge >= 0.3 is 0 Å². The van der Waals surface area contributed by atoms with Crippen LogP contribution in [0.2, 0.25) is 10.0 Å². The van der Waals surface area contributed by atoms with Gasteiger partial charge in [0, 0.05) is 27.5 Å². The van der Waals surface area contributed by atoms with Crippen LogP contribution >= 0.6 is 34.5 Å². The summed E-state index contributed by atoms with van der Waals surface area (Å²) in [4.78, 5) is 46.4. The smallest absolute Gasteiger partial charge is 0.238 e. The molecular formula is C33H24Cl2N2O3S. The number of rotatable bonds is 4. The predicted molar refractivity (Wildman–Crippen MR) is 165 cm³/mol. The molecule has 4 unspecified atom stereocenters. The van der Waals surface area contributed by atoms with Crippen molar-refractivity contribution in [3.05, 3.63) is 121 Å². The Balaban J connectivity index is 1.57. The molecule has 4 aromatic rings. The molecule has 1 saturated heterocycles. The van der Waals surface area contributed by atoms with Crippen molar-refractivity contribution in [2.24, 2.45) is 5.92 Å². The molecule has 4 atom stereocenters. The van der Waals surface area contributed by atoms with Gasteiger partial charge in [0.2, 0.25) is 5.91 Å². The van der Waals surface area contributed by atoms with Gasteiger partial charge in [0.15, 0.2) is 11.6 Å². The quantitative estimate of drug-likeness (QED) is 0.245. The number of ketones is 2. The molecule has 1 fully saturated rings. The number of amides is 1. The summed E-state index contributed by atoms with van der Waals surface area (Å²) >= 11 is 14.1. The van der Waals surface area contributed by atoms with E-state index < -0.39 is 23.4 Å². The number of nitrogens with one attached hydrogen (secondary N) is 1. The number of Topliss-reactive ketones (excluding diaryl/α,β-unsaturated/α-hetero) is 2. The summed E-state index contributed by atoms with van der Waals surface area (Å²) in [6.07, 6.45) is 2.05. The van der Waals surface area contributed by atoms with Crippen LogP contribution in [0.4, 0.5) is 11.4 Å². The lowest BCUT2D eigenvalue weighted by Crippen LogP contribution is -2.51. The van der Waals surface area contributed by atoms with Gasteiger partial charge in [-0.1, -0.05) is 65.2 Å². The standard InChI is InChI=1S/C33H24Cl2N2O3S/c1-17-9-12-25-21(14-17)18(2)15-27-33(22-6-3-4-7-24(22)36-32(33)40)28(30(38)20-11-10-19(34)16-23(20)35)29(37(25)27)31(39)26-8-5-13-41-26/h3-16,27-29H,1-2H3,(H,36,40). The molecule has 3 aromatic carbocycles. The van der Waals surface area contributed by atoms with Crippen LogP contribution in [-0.2, 0) is 10.2 Å². The molecule has 1 N–H and O–H groups in total. The van der Waals surface area contributed by atoms with Gasteiger partial charge in [-0.3, -0.25) is 14.4 Å². The number of carbonyl (C=O) groups is 3. The Bertz CT molecular complexity index is 1810. The topological polar surface area (TPSA) is 66.5 Å². The fraction of sp³-hybridized carbons (Fsp3) is 0.182. The lowest BCUT2D eigenvalue weighted by Gasteiger charge is -2.39. The van der Waals surface area contributed by atoms with Gasteiger partial charge in [-0.05, 0) is 72.8 Å². The van der Waals surface area contributed by atoms with Crippen molar-refractivity contribution in [1.82, 2.24) is 0 Å². The van der Waals surface area contributed by atoms with Gasteiger partial charge in [0.1, 0.15) is 11.5 Å². The molecule has 1 spiro atoms. The Morgan fingerprint density at radius 1 is 0.951 bits per heavy atom. The minimum Gasteiger partial charge on any atom is -0.352 e. The highest BCUT2D eigenvalue weighted by atomic mass is 35.5. The number of halogens is 2. The fourth-order valence-corrected chi connectivity index (χ4v) is 8.17. The maximum Gasteiger partial charge on any atom is 0.238 e. The molecular weight excluding hydrogens is 575 g/mol. The van der Waals surface area contributed by atoms with Gasteiger partial charge in [-0.2, -0.15) is 0 Å². The highest BCUT2D eigenvalue weighted by Crippen LogP contribution is 2.59. The molecule has 1 aromatic heterocycles. The zero-order valence-electron chi connectivity index (χ0n) is 22.2. The third-order valence-electron chi connectivity index (χ3n) is 8.64. The summed E-state index contributed by atoms with van der Waals surface area (Å²) in [6.45, 7) is 4.04. The molecule has 0 radical (unpaired) electrons. The van der Waals surface area contributed by atoms with Crippen molar-refractivity contribution in [2.75, 3.05) is 10.2 Å². The minimum atomic E-state index is -1.39. The number of carbonyl (C=O) groups excluding carboxylic acids is 3. The summed E-state index contributed by atoms with van der Waals surface area (Å²) in [5, 5.41) is 5.47. The van der Waals surface area contributed by atoms with Crippen molar-refractivity contribution in [3.63, 3.8) is 0 Å². The third-order valence-corrected chi connectivity index (χ3v) is 10.1. The maximum atomic E-state index is 14.9. The second-order valence-corrected chi connectivity index (χ2v) is 12.6. The summed E-state index contributed by atoms with van der Waals surface area (Å²) in [7, 11) is 0. The lowest BCUT2D eigenvalue weighted by atomic mass is 9.64. The Hall–Kier alpha value is -3.71. The van der Waals surface area contributed by atoms with Crippen LogP contribution in [0.15, 0.2) is 84.3 Å². The molecule has 7 rings (SSSR count). The molecule has 5 nitrogen and oxygen atoms in total. The number of hydrogen-bond donors (Lipinski definition) is 1. The molecule has 204 valence electrons. The number of aryl methyl sites for hydroxylation is 1. The molecule has 8 heteroatoms. The number of nitrogens with zero attached hydrogens (tertiary/aromatic N) is 1. The van der Waals surface area contributed by atoms with Crippen LogP contribution < -0.4 is 10.2 Å². The summed E-state index contributed by atoms with van der Waals surface area (Å²) in [6, 6.07) is 20.3. The Morgan fingerprint density at radius 2 is 1.76 bits per heavy atom. The van der Waals surface area contributed by atoms with Crippen molar-refractivity contribution >= 4 is 69.0 Å². The molecule has 0 aliphatic carbocycles. The zero-order chi connectivity index (χ0) is 28.6. The molecule has 4 heterocycles. The van der Waals surface area contributed by atoms with Gasteiger partial charge in [-0.15, -0.1) is 11.3 Å². The average Bonchev–Trinajstić information content (AvgIpc) is 3.65. The number of fused-ring (bicyclic) bond motifs is 6. The van der Waals surface area contributed by atoms with Crippen molar-refractivity contribution < 1.29 is 14.4 Å². The van der Waals surface area contributed by atoms with Crippen LogP contribution in [0.1, 0.15) is 43.6 Å². The van der Waals surface area contributed by atoms with Gasteiger partial charge < -0.3 is 10.2 Å². The van der Waals surface area contributed by atoms with E-state index in [9.17, 15) is 14.4 Å². The molecule has 0 saturated carbocycles. The van der Waals surface area contributed by atoms with Gasteiger partial charge in [0.05, 0.1) is 21.9 Å². The summed E-state index contributed by atoms with van der Waals surface area (Å²) in [5.41, 5.74) is 4.04. The number of thiophene rings is 1. The van der Waals surface area contributed by atoms with Crippen LogP contribution in [0.25, 0.3) is 5.57 Å². The highest BCUT2D eigenvalue weighted by Gasteiger charge is 2.70. The first-order valence-corrected chi connectivity index (χ1v) is 14.9. The highest BCUT2D eigenvalue weighted by molar-refractivity contribution is 7.12. The van der Waals surface area contributed by atoms with Crippen molar-refractivity contribution in [2.45, 2.75) is 31.3 Å². The summed E-state index contributed by atoms with van der Waals surface area (Å²) in [5.74, 6) is -1.97. The van der Waals surface area contributed by atoms with E-state index in [4.69, 9.17) is 23.2 Å². The largest absolute Gasteiger partial charge is 0.352 e. The van der Waals surface area contributed by atoms with Crippen LogP contribution in [0.5, 0.6) is 0 Å². The van der Waals surface area contributed by atoms with Gasteiger partial charge in [0.25, 0.3) is 0 Å². The van der Waals surface area contributed by atoms with E-state index in [1.54, 1.807) is 18.2 Å². The normalized spacial score (nSPS) is 24.0. The van der Waals surface area contributed by atoms with Crippen molar-refractivity contribution in [1.29, 1.82) is 0 Å². The van der Waals surface area contributed by atoms with E-state index in [-0.39, 0.29) is 28.1 Å². The second kappa shape index (κ2) is 9.41. The number of para-hydroxylation sites is 1. The maximum absolute atomic E-state index is 14.9. The molecule has 41 heavy (non-hydrogen) atoms. The summed E-state index contributed by atoms with van der Waals surface area (Å²) < 4.78 is 0. The number of benzene rings is 3. The third kappa shape index (κ3) is 3.64. The minimum absolute atomic E-state index is 0.180. The molecule has 1 amide bonds. The van der Waals surface area contributed by atoms with Crippen LogP contribution in [0, 0.1) is 12.8 Å². The number of hydrogen-bond acceptors (Lipinski definition) is 5. The van der Waals surface area contributed by atoms with E-state index in [0.29, 0.717) is 21.2 Å². The van der Waals surface area contributed by atoms with E-state index in [1.165, 1.54) is 17.4 Å². The molecule has 3 aliphatic heterocycles. The molecule has 0 bridgehead atoms. The van der Waals surface area contributed by atoms with Crippen molar-refractivity contribution in [3.8, 4) is 0 Å². The lowest BCUT2D eigenvalue weighted by molar-refractivity contribution is -0.121. The number of anilines is 2. The zero-order valence-corrected chi connectivity index (χ0v) is 24.5. The molecule has 3 aliphatic rings. The van der Waals surface area contributed by atoms with Crippen LogP contribution in [0.3, 0.4) is 0 Å².